The van der Waals surface area contributed by atoms with Crippen LogP contribution in [0.5, 0.6) is 0 Å². The van der Waals surface area contributed by atoms with Crippen molar-refractivity contribution in [2.75, 3.05) is 12.9 Å². The van der Waals surface area contributed by atoms with Crippen molar-refractivity contribution in [1.29, 1.82) is 0 Å². The Labute approximate surface area is 179 Å². The Morgan fingerprint density at radius 2 is 1.67 bits per heavy atom. The van der Waals surface area contributed by atoms with Crippen molar-refractivity contribution in [2.24, 2.45) is 5.16 Å². The Morgan fingerprint density at radius 1 is 1.07 bits per heavy atom. The summed E-state index contributed by atoms with van der Waals surface area (Å²) in [5, 5.41) is 14.8. The number of benzene rings is 2. The van der Waals surface area contributed by atoms with Crippen molar-refractivity contribution in [3.8, 4) is 0 Å². The second kappa shape index (κ2) is 8.59. The van der Waals surface area contributed by atoms with Crippen LogP contribution >= 0.6 is 0 Å². The number of aliphatic hydroxyl groups excluding tert-OH is 1. The summed E-state index contributed by atoms with van der Waals surface area (Å²) in [5.41, 5.74) is 2.53. The molecule has 7 heteroatoms. The van der Waals surface area contributed by atoms with Gasteiger partial charge in [-0.25, -0.2) is 0 Å². The van der Waals surface area contributed by atoms with Crippen LogP contribution in [0, 0.1) is 0 Å². The van der Waals surface area contributed by atoms with Crippen molar-refractivity contribution in [3.63, 3.8) is 0 Å². The minimum atomic E-state index is -1.41. The molecule has 1 fully saturated rings. The molecule has 160 valence electrons. The molecule has 4 rings (SSSR count). The summed E-state index contributed by atoms with van der Waals surface area (Å²) in [4.78, 5) is 5.87. The average molecular weight is 430 g/mol. The molecule has 1 N–H and O–H groups in total. The highest BCUT2D eigenvalue weighted by atomic mass is 32.2. The van der Waals surface area contributed by atoms with Crippen LogP contribution in [0.3, 0.4) is 0 Å². The quantitative estimate of drug-likeness (QED) is 0.763. The molecular weight excluding hydrogens is 402 g/mol. The first-order valence-electron chi connectivity index (χ1n) is 10.0. The molecule has 0 aromatic heterocycles. The Hall–Kier alpha value is -2.06. The first-order valence-corrected chi connectivity index (χ1v) is 11.6. The SMILES string of the molecule is C[S@@](=O)[C@@H](C1=NO[C@@H](c2ccccc2)[C@@H]1c1ccccc1)[C@H](O)[C@H]1COC(C)(C)O1. The van der Waals surface area contributed by atoms with Crippen LogP contribution in [0.2, 0.25) is 0 Å². The van der Waals surface area contributed by atoms with Gasteiger partial charge in [-0.05, 0) is 25.0 Å². The second-order valence-corrected chi connectivity index (χ2v) is 9.62. The van der Waals surface area contributed by atoms with Gasteiger partial charge in [-0.3, -0.25) is 4.21 Å². The molecule has 0 amide bonds. The third-order valence-electron chi connectivity index (χ3n) is 5.55. The molecule has 0 radical (unpaired) electrons. The molecule has 0 spiro atoms. The van der Waals surface area contributed by atoms with Crippen molar-refractivity contribution in [1.82, 2.24) is 0 Å². The van der Waals surface area contributed by atoms with Gasteiger partial charge in [0, 0.05) is 17.1 Å². The van der Waals surface area contributed by atoms with Gasteiger partial charge in [0.05, 0.1) is 18.2 Å². The molecule has 2 aliphatic rings. The second-order valence-electron chi connectivity index (χ2n) is 8.12. The van der Waals surface area contributed by atoms with Crippen LogP contribution in [0.25, 0.3) is 0 Å². The van der Waals surface area contributed by atoms with E-state index in [-0.39, 0.29) is 18.6 Å². The van der Waals surface area contributed by atoms with Gasteiger partial charge in [0.1, 0.15) is 17.5 Å². The van der Waals surface area contributed by atoms with E-state index < -0.39 is 34.0 Å². The fraction of sp³-hybridized carbons (Fsp3) is 0.435. The maximum Gasteiger partial charge on any atom is 0.164 e. The highest BCUT2D eigenvalue weighted by Crippen LogP contribution is 2.42. The van der Waals surface area contributed by atoms with Gasteiger partial charge in [0.25, 0.3) is 0 Å². The fourth-order valence-electron chi connectivity index (χ4n) is 4.14. The maximum absolute atomic E-state index is 12.8. The van der Waals surface area contributed by atoms with E-state index in [0.717, 1.165) is 11.1 Å². The number of oxime groups is 1. The van der Waals surface area contributed by atoms with Crippen molar-refractivity contribution in [3.05, 3.63) is 71.8 Å². The smallest absolute Gasteiger partial charge is 0.164 e. The van der Waals surface area contributed by atoms with E-state index in [9.17, 15) is 9.32 Å². The molecule has 2 aromatic carbocycles. The van der Waals surface area contributed by atoms with Gasteiger partial charge >= 0.3 is 0 Å². The van der Waals surface area contributed by atoms with Crippen molar-refractivity contribution in [2.45, 2.75) is 49.1 Å². The molecule has 0 unspecified atom stereocenters. The predicted molar refractivity (Wildman–Crippen MR) is 116 cm³/mol. The van der Waals surface area contributed by atoms with Crippen LogP contribution < -0.4 is 0 Å². The van der Waals surface area contributed by atoms with E-state index in [1.54, 1.807) is 20.1 Å². The summed E-state index contributed by atoms with van der Waals surface area (Å²) < 4.78 is 24.3. The van der Waals surface area contributed by atoms with E-state index in [2.05, 4.69) is 5.16 Å². The van der Waals surface area contributed by atoms with E-state index in [0.29, 0.717) is 5.71 Å². The molecule has 0 aliphatic carbocycles. The molecule has 30 heavy (non-hydrogen) atoms. The number of nitrogens with zero attached hydrogens (tertiary/aromatic N) is 1. The standard InChI is InChI=1S/C23H27NO5S/c1-23(2)27-14-17(28-23)20(25)22(30(3)26)19-18(15-10-6-4-7-11-15)21(29-24-19)16-12-8-5-9-13-16/h4-13,17-18,20-22,25H,14H2,1-3H3/t17-,18-,20-,21+,22+,30-/m1/s1. The number of ether oxygens (including phenoxy) is 2. The fourth-order valence-corrected chi connectivity index (χ4v) is 5.24. The first kappa shape index (κ1) is 21.2. The average Bonchev–Trinajstić information content (AvgIpc) is 3.32. The Kier molecular flexibility index (Phi) is 6.06. The lowest BCUT2D eigenvalue weighted by atomic mass is 9.83. The Morgan fingerprint density at radius 3 is 2.20 bits per heavy atom. The van der Waals surface area contributed by atoms with Crippen molar-refractivity contribution >= 4 is 16.5 Å². The van der Waals surface area contributed by atoms with Crippen LogP contribution in [-0.2, 0) is 25.1 Å². The monoisotopic (exact) mass is 429 g/mol. The number of hydrogen-bond donors (Lipinski definition) is 1. The van der Waals surface area contributed by atoms with Crippen molar-refractivity contribution < 1.29 is 23.6 Å². The third kappa shape index (κ3) is 4.21. The van der Waals surface area contributed by atoms with Crippen LogP contribution in [0.4, 0.5) is 0 Å². The minimum absolute atomic E-state index is 0.230. The summed E-state index contributed by atoms with van der Waals surface area (Å²) in [6.07, 6.45) is -0.418. The molecule has 0 bridgehead atoms. The molecule has 6 nitrogen and oxygen atoms in total. The lowest BCUT2D eigenvalue weighted by molar-refractivity contribution is -0.150. The zero-order valence-corrected chi connectivity index (χ0v) is 18.1. The zero-order valence-electron chi connectivity index (χ0n) is 17.3. The maximum atomic E-state index is 12.8. The lowest BCUT2D eigenvalue weighted by Crippen LogP contribution is -2.47. The van der Waals surface area contributed by atoms with Gasteiger partial charge < -0.3 is 19.4 Å². The highest BCUT2D eigenvalue weighted by molar-refractivity contribution is 7.85. The summed E-state index contributed by atoms with van der Waals surface area (Å²) in [5.74, 6) is -1.06. The molecule has 6 atom stereocenters. The summed E-state index contributed by atoms with van der Waals surface area (Å²) in [7, 11) is -1.41. The molecule has 2 aliphatic heterocycles. The lowest BCUT2D eigenvalue weighted by Gasteiger charge is -2.29. The topological polar surface area (TPSA) is 77.4 Å². The highest BCUT2D eigenvalue weighted by Gasteiger charge is 2.48. The molecule has 2 heterocycles. The Balaban J connectivity index is 1.70. The zero-order chi connectivity index (χ0) is 21.3. The van der Waals surface area contributed by atoms with E-state index in [1.165, 1.54) is 0 Å². The van der Waals surface area contributed by atoms with Gasteiger partial charge in [-0.2, -0.15) is 0 Å². The van der Waals surface area contributed by atoms with Gasteiger partial charge in [-0.1, -0.05) is 65.8 Å². The van der Waals surface area contributed by atoms with E-state index >= 15 is 0 Å². The molecule has 0 saturated carbocycles. The van der Waals surface area contributed by atoms with E-state index in [4.69, 9.17) is 14.3 Å². The summed E-state index contributed by atoms with van der Waals surface area (Å²) >= 11 is 0. The number of hydrogen-bond acceptors (Lipinski definition) is 6. The molecule has 2 aromatic rings. The van der Waals surface area contributed by atoms with E-state index in [1.807, 2.05) is 60.7 Å². The summed E-state index contributed by atoms with van der Waals surface area (Å²) in [6.45, 7) is 3.83. The van der Waals surface area contributed by atoms with Crippen LogP contribution in [0.1, 0.15) is 37.0 Å². The van der Waals surface area contributed by atoms with Crippen LogP contribution in [0.15, 0.2) is 65.8 Å². The van der Waals surface area contributed by atoms with Gasteiger partial charge in [0.15, 0.2) is 11.9 Å². The molecular formula is C23H27NO5S. The van der Waals surface area contributed by atoms with Gasteiger partial charge in [0.2, 0.25) is 0 Å². The third-order valence-corrected chi connectivity index (χ3v) is 6.79. The normalized spacial score (nSPS) is 28.4. The number of rotatable bonds is 6. The largest absolute Gasteiger partial charge is 0.389 e. The molecule has 1 saturated heterocycles. The van der Waals surface area contributed by atoms with Crippen LogP contribution in [-0.4, -0.2) is 51.1 Å². The van der Waals surface area contributed by atoms with Gasteiger partial charge in [-0.15, -0.1) is 0 Å². The first-order chi connectivity index (χ1) is 14.4. The number of aliphatic hydroxyl groups is 1. The predicted octanol–water partition coefficient (Wildman–Crippen LogP) is 3.16. The Bertz CT molecular complexity index is 918. The minimum Gasteiger partial charge on any atom is -0.389 e. The summed E-state index contributed by atoms with van der Waals surface area (Å²) in [6, 6.07) is 19.7.